The van der Waals surface area contributed by atoms with Crippen molar-refractivity contribution < 1.29 is 75.9 Å². The molecule has 2 aliphatic rings. The predicted octanol–water partition coefficient (Wildman–Crippen LogP) is 11.0. The smallest absolute Gasteiger partial charge is 0.411 e. The van der Waals surface area contributed by atoms with E-state index >= 15 is 0 Å². The number of carbonyl (C=O) groups excluding carboxylic acids is 6. The van der Waals surface area contributed by atoms with Crippen LogP contribution in [0.2, 0.25) is 36.3 Å². The molecule has 25 heteroatoms. The van der Waals surface area contributed by atoms with E-state index in [0.717, 1.165) is 12.8 Å². The number of nitrogens with one attached hydrogen (secondary N) is 5. The van der Waals surface area contributed by atoms with Crippen molar-refractivity contribution in [2.24, 2.45) is 5.92 Å². The number of hydrogen-bond donors (Lipinski definition) is 6. The summed E-state index contributed by atoms with van der Waals surface area (Å²) in [5.74, 6) is -1.02. The van der Waals surface area contributed by atoms with Crippen LogP contribution in [0.1, 0.15) is 121 Å². The maximum Gasteiger partial charge on any atom is 0.411 e. The van der Waals surface area contributed by atoms with Gasteiger partial charge >= 0.3 is 18.3 Å². The van der Waals surface area contributed by atoms with E-state index in [9.17, 15) is 38.7 Å². The number of methoxy groups -OCH3 is 2. The van der Waals surface area contributed by atoms with Crippen molar-refractivity contribution in [1.82, 2.24) is 20.4 Å². The van der Waals surface area contributed by atoms with Crippen molar-refractivity contribution in [1.29, 1.82) is 0 Å². The standard InChI is InChI=1S/C62H93N7O16Si2/c1-17-29-82-60(77)67-53(39(2)3)55(71)63-40(4)54(70)64-42-23-21-41(22-24-42)36-83-59(76)66-48-35-52(50(79-12)33-46(48)57(73)69-28-26-44(69)38-85-87(15,16)62(8,9)10)81-31-20-18-19-30-80-51-34-47(65-58(74)75)45(32-49(51)78-11)56(72)68-27-25-43(68)37-84-86(13,14)61(5,6)7/h17,21-24,32-35,39-40,43-44,53,65H,1,18-20,25-31,36-38H2,2-16H3,(H,63,71)(H,64,70)(H,66,76)(H,67,77)(H,74,75)/t40?,43-,44-,53?/m0/s1. The summed E-state index contributed by atoms with van der Waals surface area (Å²) in [6.07, 6.45) is 1.68. The molecule has 2 saturated heterocycles. The fourth-order valence-corrected chi connectivity index (χ4v) is 10.7. The van der Waals surface area contributed by atoms with Crippen molar-refractivity contribution in [3.05, 3.63) is 77.9 Å². The highest BCUT2D eigenvalue weighted by Gasteiger charge is 2.43. The Morgan fingerprint density at radius 1 is 0.644 bits per heavy atom. The molecule has 0 bridgehead atoms. The number of nitrogens with zero attached hydrogens (tertiary/aromatic N) is 2. The lowest BCUT2D eigenvalue weighted by atomic mass is 10.0. The second-order valence-corrected chi connectivity index (χ2v) is 34.8. The van der Waals surface area contributed by atoms with E-state index in [2.05, 4.69) is 101 Å². The lowest BCUT2D eigenvalue weighted by Gasteiger charge is -2.44. The lowest BCUT2D eigenvalue weighted by Crippen LogP contribution is -2.55. The highest BCUT2D eigenvalue weighted by molar-refractivity contribution is 6.74. The zero-order valence-electron chi connectivity index (χ0n) is 53.4. The first-order valence-corrected chi connectivity index (χ1v) is 35.4. The number of hydrogen-bond acceptors (Lipinski definition) is 15. The fourth-order valence-electron chi connectivity index (χ4n) is 8.64. The number of benzene rings is 3. The van der Waals surface area contributed by atoms with Crippen LogP contribution in [0, 0.1) is 5.92 Å². The number of carbonyl (C=O) groups is 7. The molecule has 5 rings (SSSR count). The maximum atomic E-state index is 14.4. The third-order valence-corrected chi connectivity index (χ3v) is 25.4. The van der Waals surface area contributed by atoms with Gasteiger partial charge in [0.25, 0.3) is 11.8 Å². The summed E-state index contributed by atoms with van der Waals surface area (Å²) >= 11 is 0. The Balaban J connectivity index is 1.22. The van der Waals surface area contributed by atoms with E-state index in [1.165, 1.54) is 51.5 Å². The molecule has 0 saturated carbocycles. The van der Waals surface area contributed by atoms with Gasteiger partial charge in [0.2, 0.25) is 11.8 Å². The third kappa shape index (κ3) is 19.6. The summed E-state index contributed by atoms with van der Waals surface area (Å²) in [6.45, 7) is 32.1. The minimum Gasteiger partial charge on any atom is -0.493 e. The van der Waals surface area contributed by atoms with Gasteiger partial charge in [-0.3, -0.25) is 29.8 Å². The Hall–Kier alpha value is -7.36. The van der Waals surface area contributed by atoms with Crippen molar-refractivity contribution in [2.75, 3.05) is 76.3 Å². The van der Waals surface area contributed by atoms with Gasteiger partial charge in [0.15, 0.2) is 39.6 Å². The molecule has 3 aromatic carbocycles. The number of alkyl carbamates (subject to hydrolysis) is 1. The minimum absolute atomic E-state index is 0.00147. The van der Waals surface area contributed by atoms with Crippen molar-refractivity contribution >= 4 is 75.6 Å². The first-order valence-electron chi connectivity index (χ1n) is 29.6. The number of rotatable bonds is 30. The first kappa shape index (κ1) is 70.4. The summed E-state index contributed by atoms with van der Waals surface area (Å²) in [7, 11) is -1.30. The van der Waals surface area contributed by atoms with Crippen LogP contribution in [0.25, 0.3) is 0 Å². The number of ether oxygens (including phenoxy) is 6. The Morgan fingerprint density at radius 2 is 1.13 bits per heavy atom. The second-order valence-electron chi connectivity index (χ2n) is 25.2. The Morgan fingerprint density at radius 3 is 1.54 bits per heavy atom. The molecule has 2 aliphatic heterocycles. The van der Waals surface area contributed by atoms with E-state index < -0.39 is 58.8 Å². The summed E-state index contributed by atoms with van der Waals surface area (Å²) < 4.78 is 47.3. The summed E-state index contributed by atoms with van der Waals surface area (Å²) in [5, 5.41) is 22.7. The van der Waals surface area contributed by atoms with Crippen molar-refractivity contribution in [3.8, 4) is 23.0 Å². The van der Waals surface area contributed by atoms with Crippen molar-refractivity contribution in [3.63, 3.8) is 0 Å². The number of anilines is 3. The average molecular weight is 1250 g/mol. The molecule has 2 unspecified atom stereocenters. The molecule has 4 atom stereocenters. The topological polar surface area (TPSA) is 280 Å². The molecule has 3 aromatic rings. The van der Waals surface area contributed by atoms with Gasteiger partial charge in [-0.15, -0.1) is 0 Å². The number of carboxylic acid groups (broad SMARTS) is 1. The minimum atomic E-state index is -2.13. The van der Waals surface area contributed by atoms with Crippen molar-refractivity contribution in [2.45, 2.75) is 161 Å². The van der Waals surface area contributed by atoms with Gasteiger partial charge in [-0.2, -0.15) is 0 Å². The van der Waals surface area contributed by atoms with Gasteiger partial charge in [0.05, 0.1) is 75.2 Å². The molecular weight excluding hydrogens is 1150 g/mol. The summed E-state index contributed by atoms with van der Waals surface area (Å²) in [6, 6.07) is 10.3. The van der Waals surface area contributed by atoms with Crippen LogP contribution >= 0.6 is 0 Å². The van der Waals surface area contributed by atoms with E-state index in [1.54, 1.807) is 47.9 Å². The van der Waals surface area contributed by atoms with Gasteiger partial charge < -0.3 is 68.1 Å². The Bertz CT molecular complexity index is 2910. The monoisotopic (exact) mass is 1250 g/mol. The molecule has 6 N–H and O–H groups in total. The molecule has 87 heavy (non-hydrogen) atoms. The molecule has 23 nitrogen and oxygen atoms in total. The molecule has 7 amide bonds. The molecule has 0 spiro atoms. The Kier molecular flexibility index (Phi) is 25.1. The summed E-state index contributed by atoms with van der Waals surface area (Å²) in [5.41, 5.74) is 1.48. The molecule has 0 radical (unpaired) electrons. The number of unbranched alkanes of at least 4 members (excludes halogenated alkanes) is 2. The van der Waals surface area contributed by atoms with Crippen LogP contribution < -0.4 is 45.5 Å². The van der Waals surface area contributed by atoms with E-state index in [1.807, 2.05) is 0 Å². The molecule has 2 heterocycles. The largest absolute Gasteiger partial charge is 0.493 e. The highest BCUT2D eigenvalue weighted by atomic mass is 28.4. The van der Waals surface area contributed by atoms with Gasteiger partial charge in [-0.1, -0.05) is 80.2 Å². The normalized spacial score (nSPS) is 15.8. The van der Waals surface area contributed by atoms with E-state index in [0.29, 0.717) is 56.8 Å². The van der Waals surface area contributed by atoms with E-state index in [4.69, 9.17) is 37.3 Å². The van der Waals surface area contributed by atoms with Crippen LogP contribution in [0.5, 0.6) is 23.0 Å². The van der Waals surface area contributed by atoms with Gasteiger partial charge in [0.1, 0.15) is 25.3 Å². The lowest BCUT2D eigenvalue weighted by molar-refractivity contribution is -0.128. The van der Waals surface area contributed by atoms with Crippen LogP contribution in [-0.2, 0) is 34.5 Å². The number of amides is 7. The molecule has 2 fully saturated rings. The maximum absolute atomic E-state index is 14.4. The van der Waals surface area contributed by atoms with E-state index in [-0.39, 0.29) is 112 Å². The summed E-state index contributed by atoms with van der Waals surface area (Å²) in [4.78, 5) is 95.6. The fraction of sp³-hybridized carbons (Fsp3) is 0.565. The number of likely N-dealkylation sites (tertiary alicyclic amines) is 2. The molecule has 0 aromatic heterocycles. The van der Waals surface area contributed by atoms with Crippen LogP contribution in [0.15, 0.2) is 61.2 Å². The zero-order chi connectivity index (χ0) is 64.6. The predicted molar refractivity (Wildman–Crippen MR) is 337 cm³/mol. The van der Waals surface area contributed by atoms with Crippen LogP contribution in [0.4, 0.5) is 31.4 Å². The third-order valence-electron chi connectivity index (χ3n) is 16.4. The Labute approximate surface area is 514 Å². The molecule has 480 valence electrons. The van der Waals surface area contributed by atoms with Gasteiger partial charge in [-0.05, 0) is 111 Å². The first-order chi connectivity index (χ1) is 40.8. The highest BCUT2D eigenvalue weighted by Crippen LogP contribution is 2.41. The SMILES string of the molecule is C=CCOC(=O)NC(C(=O)NC(C)C(=O)Nc1ccc(COC(=O)Nc2cc(OCCCCCOc3cc(NC(=O)O)c(C(=O)N4CC[C@H]4CO[Si](C)(C)C(C)(C)C)cc3OC)c(OC)cc2C(=O)N2CC[C@H]2CO[Si](C)(C)C(C)(C)C)cc1)C(C)C. The quantitative estimate of drug-likeness (QED) is 0.0206. The molecular formula is C62H93N7O16Si2. The average Bonchev–Trinajstić information content (AvgIpc) is 1.14. The van der Waals surface area contributed by atoms with Gasteiger partial charge in [-0.25, -0.2) is 14.4 Å². The van der Waals surface area contributed by atoms with Crippen LogP contribution in [-0.4, -0.2) is 158 Å². The van der Waals surface area contributed by atoms with Gasteiger partial charge in [0, 0.05) is 30.9 Å². The zero-order valence-corrected chi connectivity index (χ0v) is 55.4. The second kappa shape index (κ2) is 31.0. The van der Waals surface area contributed by atoms with Crippen LogP contribution in [0.3, 0.4) is 0 Å². The molecule has 0 aliphatic carbocycles.